The molecule has 0 spiro atoms. The second kappa shape index (κ2) is 9.00. The lowest BCUT2D eigenvalue weighted by molar-refractivity contribution is -0.136. The normalized spacial score (nSPS) is 12.0. The highest BCUT2D eigenvalue weighted by Crippen LogP contribution is 2.16. The lowest BCUT2D eigenvalue weighted by Crippen LogP contribution is -2.40. The number of urea groups is 1. The van der Waals surface area contributed by atoms with Crippen LogP contribution in [0, 0.1) is 11.8 Å². The first-order valence-corrected chi connectivity index (χ1v) is 7.26. The molecule has 0 aliphatic carbocycles. The van der Waals surface area contributed by atoms with Gasteiger partial charge >= 0.3 is 12.0 Å². The van der Waals surface area contributed by atoms with Gasteiger partial charge in [-0.2, -0.15) is 0 Å². The van der Waals surface area contributed by atoms with Gasteiger partial charge < -0.3 is 15.7 Å². The lowest BCUT2D eigenvalue weighted by atomic mass is 9.89. The number of aliphatic carboxylic acids is 1. The molecule has 1 aromatic rings. The third-order valence-corrected chi connectivity index (χ3v) is 3.43. The minimum atomic E-state index is -0.917. The third kappa shape index (κ3) is 7.34. The molecule has 5 heteroatoms. The van der Waals surface area contributed by atoms with Gasteiger partial charge in [-0.05, 0) is 23.8 Å². The van der Waals surface area contributed by atoms with Crippen molar-refractivity contribution in [1.82, 2.24) is 10.6 Å². The highest BCUT2D eigenvalue weighted by Gasteiger charge is 2.15. The average Bonchev–Trinajstić information content (AvgIpc) is 2.43. The number of carbonyl (C=O) groups excluding carboxylic acids is 1. The number of nitrogens with one attached hydrogen (secondary N) is 2. The van der Waals surface area contributed by atoms with E-state index in [-0.39, 0.29) is 19.0 Å². The monoisotopic (exact) mass is 292 g/mol. The van der Waals surface area contributed by atoms with Crippen LogP contribution in [0.4, 0.5) is 4.79 Å². The van der Waals surface area contributed by atoms with Crippen molar-refractivity contribution >= 4 is 12.0 Å². The van der Waals surface area contributed by atoms with Crippen LogP contribution < -0.4 is 10.6 Å². The smallest absolute Gasteiger partial charge is 0.314 e. The van der Waals surface area contributed by atoms with Crippen molar-refractivity contribution in [2.45, 2.75) is 26.7 Å². The Labute approximate surface area is 125 Å². The van der Waals surface area contributed by atoms with E-state index in [1.165, 1.54) is 5.56 Å². The fourth-order valence-corrected chi connectivity index (χ4v) is 2.03. The van der Waals surface area contributed by atoms with Crippen molar-refractivity contribution < 1.29 is 14.7 Å². The molecule has 0 aliphatic rings. The first kappa shape index (κ1) is 17.0. The van der Waals surface area contributed by atoms with Gasteiger partial charge in [-0.25, -0.2) is 4.79 Å². The van der Waals surface area contributed by atoms with Gasteiger partial charge in [0.2, 0.25) is 0 Å². The van der Waals surface area contributed by atoms with Crippen LogP contribution in [0.25, 0.3) is 0 Å². The molecule has 0 fully saturated rings. The minimum Gasteiger partial charge on any atom is -0.481 e. The number of carboxylic acid groups (broad SMARTS) is 1. The first-order valence-electron chi connectivity index (χ1n) is 7.26. The second-order valence-electron chi connectivity index (χ2n) is 5.47. The summed E-state index contributed by atoms with van der Waals surface area (Å²) < 4.78 is 0. The molecule has 0 radical (unpaired) electrons. The standard InChI is InChI=1S/C16H24N2O3/c1-12(2)14(10-13-6-4-3-5-7-13)11-18-16(21)17-9-8-15(19)20/h3-7,12,14H,8-11H2,1-2H3,(H,19,20)(H2,17,18,21). The number of hydrogen-bond acceptors (Lipinski definition) is 2. The molecule has 1 rings (SSSR count). The lowest BCUT2D eigenvalue weighted by Gasteiger charge is -2.21. The Hall–Kier alpha value is -2.04. The second-order valence-corrected chi connectivity index (χ2v) is 5.47. The van der Waals surface area contributed by atoms with Crippen LogP contribution in [0.5, 0.6) is 0 Å². The Kier molecular flexibility index (Phi) is 7.29. The van der Waals surface area contributed by atoms with E-state index in [2.05, 4.69) is 36.6 Å². The summed E-state index contributed by atoms with van der Waals surface area (Å²) >= 11 is 0. The molecule has 0 bridgehead atoms. The molecular formula is C16H24N2O3. The summed E-state index contributed by atoms with van der Waals surface area (Å²) in [4.78, 5) is 22.0. The van der Waals surface area contributed by atoms with Crippen LogP contribution in [0.1, 0.15) is 25.8 Å². The fraction of sp³-hybridized carbons (Fsp3) is 0.500. The molecule has 1 atom stereocenters. The van der Waals surface area contributed by atoms with E-state index in [1.807, 2.05) is 18.2 Å². The van der Waals surface area contributed by atoms with Gasteiger partial charge in [0.15, 0.2) is 0 Å². The highest BCUT2D eigenvalue weighted by atomic mass is 16.4. The van der Waals surface area contributed by atoms with Crippen LogP contribution >= 0.6 is 0 Å². The molecular weight excluding hydrogens is 268 g/mol. The van der Waals surface area contributed by atoms with Crippen LogP contribution in [0.2, 0.25) is 0 Å². The Morgan fingerprint density at radius 2 is 1.81 bits per heavy atom. The average molecular weight is 292 g/mol. The molecule has 0 saturated carbocycles. The Morgan fingerprint density at radius 1 is 1.14 bits per heavy atom. The van der Waals surface area contributed by atoms with Crippen LogP contribution in [-0.2, 0) is 11.2 Å². The molecule has 21 heavy (non-hydrogen) atoms. The van der Waals surface area contributed by atoms with Crippen molar-refractivity contribution in [2.24, 2.45) is 11.8 Å². The topological polar surface area (TPSA) is 78.4 Å². The van der Waals surface area contributed by atoms with Crippen molar-refractivity contribution in [3.05, 3.63) is 35.9 Å². The van der Waals surface area contributed by atoms with Crippen molar-refractivity contribution in [3.8, 4) is 0 Å². The SMILES string of the molecule is CC(C)C(CNC(=O)NCCC(=O)O)Cc1ccccc1. The Bertz CT molecular complexity index is 446. The summed E-state index contributed by atoms with van der Waals surface area (Å²) in [6.07, 6.45) is 0.846. The van der Waals surface area contributed by atoms with E-state index in [4.69, 9.17) is 5.11 Å². The van der Waals surface area contributed by atoms with E-state index in [1.54, 1.807) is 0 Å². The molecule has 1 aromatic carbocycles. The zero-order chi connectivity index (χ0) is 15.7. The quantitative estimate of drug-likeness (QED) is 0.688. The summed E-state index contributed by atoms with van der Waals surface area (Å²) in [7, 11) is 0. The molecule has 3 N–H and O–H groups in total. The van der Waals surface area contributed by atoms with Gasteiger partial charge in [-0.15, -0.1) is 0 Å². The van der Waals surface area contributed by atoms with Gasteiger partial charge in [-0.3, -0.25) is 4.79 Å². The highest BCUT2D eigenvalue weighted by molar-refractivity contribution is 5.74. The predicted molar refractivity (Wildman–Crippen MR) is 82.1 cm³/mol. The molecule has 116 valence electrons. The number of carbonyl (C=O) groups is 2. The van der Waals surface area contributed by atoms with E-state index in [9.17, 15) is 9.59 Å². The molecule has 1 unspecified atom stereocenters. The van der Waals surface area contributed by atoms with E-state index < -0.39 is 5.97 Å². The van der Waals surface area contributed by atoms with E-state index >= 15 is 0 Å². The van der Waals surface area contributed by atoms with Gasteiger partial charge in [0.25, 0.3) is 0 Å². The maximum absolute atomic E-state index is 11.6. The van der Waals surface area contributed by atoms with Crippen molar-refractivity contribution in [1.29, 1.82) is 0 Å². The van der Waals surface area contributed by atoms with E-state index in [0.29, 0.717) is 18.4 Å². The van der Waals surface area contributed by atoms with Gasteiger partial charge in [-0.1, -0.05) is 44.2 Å². The molecule has 0 heterocycles. The first-order chi connectivity index (χ1) is 9.99. The maximum Gasteiger partial charge on any atom is 0.314 e. The molecule has 0 aliphatic heterocycles. The number of hydrogen-bond donors (Lipinski definition) is 3. The summed E-state index contributed by atoms with van der Waals surface area (Å²) in [5, 5.41) is 13.9. The van der Waals surface area contributed by atoms with Crippen LogP contribution in [-0.4, -0.2) is 30.2 Å². The summed E-state index contributed by atoms with van der Waals surface area (Å²) in [6, 6.07) is 9.87. The summed E-state index contributed by atoms with van der Waals surface area (Å²) in [5.41, 5.74) is 1.25. The van der Waals surface area contributed by atoms with E-state index in [0.717, 1.165) is 6.42 Å². The zero-order valence-corrected chi connectivity index (χ0v) is 12.6. The largest absolute Gasteiger partial charge is 0.481 e. The Morgan fingerprint density at radius 3 is 2.38 bits per heavy atom. The molecule has 5 nitrogen and oxygen atoms in total. The number of benzene rings is 1. The summed E-state index contributed by atoms with van der Waals surface area (Å²) in [5.74, 6) is -0.124. The minimum absolute atomic E-state index is 0.0644. The number of rotatable bonds is 8. The zero-order valence-electron chi connectivity index (χ0n) is 12.6. The molecule has 2 amide bonds. The Balaban J connectivity index is 2.37. The third-order valence-electron chi connectivity index (χ3n) is 3.43. The number of carboxylic acids is 1. The number of amides is 2. The fourth-order valence-electron chi connectivity index (χ4n) is 2.03. The summed E-state index contributed by atoms with van der Waals surface area (Å²) in [6.45, 7) is 4.99. The van der Waals surface area contributed by atoms with Crippen molar-refractivity contribution in [3.63, 3.8) is 0 Å². The molecule has 0 saturated heterocycles. The predicted octanol–water partition coefficient (Wildman–Crippen LogP) is 2.28. The van der Waals surface area contributed by atoms with Crippen LogP contribution in [0.15, 0.2) is 30.3 Å². The van der Waals surface area contributed by atoms with Gasteiger partial charge in [0, 0.05) is 13.1 Å². The van der Waals surface area contributed by atoms with Crippen molar-refractivity contribution in [2.75, 3.05) is 13.1 Å². The van der Waals surface area contributed by atoms with Gasteiger partial charge in [0.05, 0.1) is 6.42 Å². The van der Waals surface area contributed by atoms with Gasteiger partial charge in [0.1, 0.15) is 0 Å². The molecule has 0 aromatic heterocycles. The van der Waals surface area contributed by atoms with Crippen LogP contribution in [0.3, 0.4) is 0 Å². The maximum atomic E-state index is 11.6.